The monoisotopic (exact) mass is 258 g/mol. The fourth-order valence-electron chi connectivity index (χ4n) is 1.93. The smallest absolute Gasteiger partial charge is 0.241 e. The van der Waals surface area contributed by atoms with Gasteiger partial charge >= 0.3 is 0 Å². The minimum absolute atomic E-state index is 0.0354. The van der Waals surface area contributed by atoms with E-state index in [9.17, 15) is 4.79 Å². The molecule has 1 aromatic heterocycles. The molecule has 0 fully saturated rings. The van der Waals surface area contributed by atoms with Gasteiger partial charge in [0.2, 0.25) is 5.91 Å². The van der Waals surface area contributed by atoms with Crippen LogP contribution in [0.5, 0.6) is 0 Å². The molecule has 0 saturated carbocycles. The average Bonchev–Trinajstić information content (AvgIpc) is 2.39. The number of pyridine rings is 1. The van der Waals surface area contributed by atoms with Crippen LogP contribution in [0.3, 0.4) is 0 Å². The third kappa shape index (κ3) is 2.59. The van der Waals surface area contributed by atoms with Crippen molar-refractivity contribution in [2.45, 2.75) is 0 Å². The van der Waals surface area contributed by atoms with E-state index in [1.165, 1.54) is 0 Å². The van der Waals surface area contributed by atoms with Crippen LogP contribution >= 0.6 is 0 Å². The number of anilines is 2. The third-order valence-corrected chi connectivity index (χ3v) is 3.09. The Balaban J connectivity index is 2.35. The molecule has 100 valence electrons. The van der Waals surface area contributed by atoms with Gasteiger partial charge < -0.3 is 15.5 Å². The highest BCUT2D eigenvalue weighted by atomic mass is 16.2. The van der Waals surface area contributed by atoms with E-state index >= 15 is 0 Å². The number of carbonyl (C=O) groups excluding carboxylic acids is 1. The number of likely N-dealkylation sites (N-methyl/N-ethyl adjacent to an activating group) is 2. The van der Waals surface area contributed by atoms with E-state index in [-0.39, 0.29) is 5.91 Å². The van der Waals surface area contributed by atoms with E-state index in [0.717, 1.165) is 16.6 Å². The highest BCUT2D eigenvalue weighted by Gasteiger charge is 2.13. The average molecular weight is 258 g/mol. The highest BCUT2D eigenvalue weighted by molar-refractivity contribution is 5.97. The van der Waals surface area contributed by atoms with Crippen LogP contribution in [0.4, 0.5) is 11.4 Å². The molecule has 2 aromatic rings. The Kier molecular flexibility index (Phi) is 3.55. The van der Waals surface area contributed by atoms with Crippen molar-refractivity contribution in [1.29, 1.82) is 0 Å². The number of nitrogens with zero attached hydrogens (tertiary/aromatic N) is 3. The van der Waals surface area contributed by atoms with Crippen LogP contribution in [0.2, 0.25) is 0 Å². The van der Waals surface area contributed by atoms with Crippen LogP contribution < -0.4 is 10.6 Å². The van der Waals surface area contributed by atoms with Gasteiger partial charge in [-0.2, -0.15) is 0 Å². The minimum atomic E-state index is 0.0354. The molecule has 2 N–H and O–H groups in total. The maximum atomic E-state index is 11.7. The molecule has 0 aliphatic carbocycles. The molecule has 0 aliphatic heterocycles. The highest BCUT2D eigenvalue weighted by Crippen LogP contribution is 2.29. The Morgan fingerprint density at radius 2 is 2.00 bits per heavy atom. The van der Waals surface area contributed by atoms with Crippen molar-refractivity contribution in [2.75, 3.05) is 38.3 Å². The van der Waals surface area contributed by atoms with Crippen molar-refractivity contribution in [2.24, 2.45) is 0 Å². The Morgan fingerprint density at radius 3 is 2.68 bits per heavy atom. The lowest BCUT2D eigenvalue weighted by atomic mass is 10.1. The largest absolute Gasteiger partial charge is 0.396 e. The van der Waals surface area contributed by atoms with Crippen molar-refractivity contribution < 1.29 is 4.79 Å². The zero-order valence-electron chi connectivity index (χ0n) is 11.4. The fourth-order valence-corrected chi connectivity index (χ4v) is 1.93. The van der Waals surface area contributed by atoms with Crippen LogP contribution in [0.25, 0.3) is 10.9 Å². The van der Waals surface area contributed by atoms with E-state index in [1.54, 1.807) is 25.2 Å². The second-order valence-corrected chi connectivity index (χ2v) is 4.71. The summed E-state index contributed by atoms with van der Waals surface area (Å²) in [5.41, 5.74) is 8.52. The van der Waals surface area contributed by atoms with Gasteiger partial charge in [-0.15, -0.1) is 0 Å². The zero-order valence-corrected chi connectivity index (χ0v) is 11.4. The van der Waals surface area contributed by atoms with Crippen LogP contribution in [-0.2, 0) is 4.79 Å². The molecule has 0 unspecified atom stereocenters. The number of hydrogen-bond acceptors (Lipinski definition) is 4. The van der Waals surface area contributed by atoms with E-state index in [1.807, 2.05) is 36.2 Å². The molecule has 5 heteroatoms. The molecular weight excluding hydrogens is 240 g/mol. The number of aromatic nitrogens is 1. The molecule has 0 spiro atoms. The lowest BCUT2D eigenvalue weighted by Gasteiger charge is -2.23. The number of benzene rings is 1. The van der Waals surface area contributed by atoms with Gasteiger partial charge in [0.05, 0.1) is 23.4 Å². The summed E-state index contributed by atoms with van der Waals surface area (Å²) in [6.45, 7) is 0.295. The summed E-state index contributed by atoms with van der Waals surface area (Å²) in [6, 6.07) is 7.60. The van der Waals surface area contributed by atoms with Crippen molar-refractivity contribution in [3.05, 3.63) is 30.5 Å². The molecule has 0 bridgehead atoms. The predicted molar refractivity (Wildman–Crippen MR) is 78.1 cm³/mol. The summed E-state index contributed by atoms with van der Waals surface area (Å²) in [5, 5.41) is 0.907. The Morgan fingerprint density at radius 1 is 1.26 bits per heavy atom. The molecule has 2 rings (SSSR count). The molecule has 1 aromatic carbocycles. The van der Waals surface area contributed by atoms with Gasteiger partial charge in [0.15, 0.2) is 0 Å². The Hall–Kier alpha value is -2.30. The first-order valence-electron chi connectivity index (χ1n) is 6.05. The first kappa shape index (κ1) is 13.1. The summed E-state index contributed by atoms with van der Waals surface area (Å²) >= 11 is 0. The number of carbonyl (C=O) groups is 1. The fraction of sp³-hybridized carbons (Fsp3) is 0.286. The van der Waals surface area contributed by atoms with Crippen LogP contribution in [0.15, 0.2) is 30.5 Å². The SMILES string of the molecule is CN(C)C(=O)CN(C)c1ccc2ncccc2c1N. The van der Waals surface area contributed by atoms with Gasteiger partial charge in [0.1, 0.15) is 0 Å². The molecule has 19 heavy (non-hydrogen) atoms. The van der Waals surface area contributed by atoms with Gasteiger partial charge in [-0.05, 0) is 24.3 Å². The molecule has 1 heterocycles. The van der Waals surface area contributed by atoms with Crippen LogP contribution in [0, 0.1) is 0 Å². The maximum absolute atomic E-state index is 11.7. The molecule has 1 amide bonds. The predicted octanol–water partition coefficient (Wildman–Crippen LogP) is 1.34. The zero-order chi connectivity index (χ0) is 14.0. The normalized spacial score (nSPS) is 10.5. The standard InChI is InChI=1S/C14H18N4O/c1-17(2)13(19)9-18(3)12-7-6-11-10(14(12)15)5-4-8-16-11/h4-8H,9,15H2,1-3H3. The third-order valence-electron chi connectivity index (χ3n) is 3.09. The van der Waals surface area contributed by atoms with Crippen LogP contribution in [0.1, 0.15) is 0 Å². The summed E-state index contributed by atoms with van der Waals surface area (Å²) in [7, 11) is 5.34. The molecular formula is C14H18N4O. The van der Waals surface area contributed by atoms with Crippen molar-refractivity contribution >= 4 is 28.2 Å². The summed E-state index contributed by atoms with van der Waals surface area (Å²) in [4.78, 5) is 19.4. The van der Waals surface area contributed by atoms with Gasteiger partial charge in [0, 0.05) is 32.7 Å². The first-order valence-corrected chi connectivity index (χ1v) is 6.05. The maximum Gasteiger partial charge on any atom is 0.241 e. The molecule has 0 aliphatic rings. The first-order chi connectivity index (χ1) is 9.00. The van der Waals surface area contributed by atoms with Gasteiger partial charge in [0.25, 0.3) is 0 Å². The van der Waals surface area contributed by atoms with Crippen molar-refractivity contribution in [3.63, 3.8) is 0 Å². The molecule has 0 atom stereocenters. The van der Waals surface area contributed by atoms with Crippen LogP contribution in [-0.4, -0.2) is 43.5 Å². The van der Waals surface area contributed by atoms with E-state index < -0.39 is 0 Å². The number of nitrogen functional groups attached to an aromatic ring is 1. The van der Waals surface area contributed by atoms with Crippen molar-refractivity contribution in [3.8, 4) is 0 Å². The Labute approximate surface area is 112 Å². The van der Waals surface area contributed by atoms with Gasteiger partial charge in [-0.1, -0.05) is 0 Å². The van der Waals surface area contributed by atoms with Crippen molar-refractivity contribution in [1.82, 2.24) is 9.88 Å². The second kappa shape index (κ2) is 5.14. The number of amides is 1. The number of fused-ring (bicyclic) bond motifs is 1. The quantitative estimate of drug-likeness (QED) is 0.844. The molecule has 0 radical (unpaired) electrons. The molecule has 5 nitrogen and oxygen atoms in total. The lowest BCUT2D eigenvalue weighted by molar-refractivity contribution is -0.127. The van der Waals surface area contributed by atoms with E-state index in [2.05, 4.69) is 4.98 Å². The number of rotatable bonds is 3. The molecule has 0 saturated heterocycles. The topological polar surface area (TPSA) is 62.5 Å². The van der Waals surface area contributed by atoms with Gasteiger partial charge in [-0.3, -0.25) is 9.78 Å². The minimum Gasteiger partial charge on any atom is -0.396 e. The summed E-state index contributed by atoms with van der Waals surface area (Å²) < 4.78 is 0. The number of nitrogens with two attached hydrogens (primary N) is 1. The Bertz CT molecular complexity index is 609. The summed E-state index contributed by atoms with van der Waals surface area (Å²) in [6.07, 6.45) is 1.74. The van der Waals surface area contributed by atoms with E-state index in [4.69, 9.17) is 5.73 Å². The summed E-state index contributed by atoms with van der Waals surface area (Å²) in [5.74, 6) is 0.0354. The number of hydrogen-bond donors (Lipinski definition) is 1. The van der Waals surface area contributed by atoms with Gasteiger partial charge in [-0.25, -0.2) is 0 Å². The van der Waals surface area contributed by atoms with E-state index in [0.29, 0.717) is 12.2 Å². The second-order valence-electron chi connectivity index (χ2n) is 4.71. The lowest BCUT2D eigenvalue weighted by Crippen LogP contribution is -2.34.